The first-order chi connectivity index (χ1) is 13.7. The number of rotatable bonds is 6. The number of benzene rings is 2. The Morgan fingerprint density at radius 2 is 1.82 bits per heavy atom. The van der Waals surface area contributed by atoms with Gasteiger partial charge < -0.3 is 19.7 Å². The van der Waals surface area contributed by atoms with Crippen LogP contribution in [0.25, 0.3) is 0 Å². The third kappa shape index (κ3) is 3.91. The molecule has 1 aliphatic rings. The van der Waals surface area contributed by atoms with Crippen LogP contribution in [0.1, 0.15) is 23.0 Å². The molecule has 6 nitrogen and oxygen atoms in total. The molecule has 0 fully saturated rings. The van der Waals surface area contributed by atoms with Crippen LogP contribution in [0, 0.1) is 0 Å². The van der Waals surface area contributed by atoms with Crippen LogP contribution in [0.3, 0.4) is 0 Å². The van der Waals surface area contributed by atoms with Crippen LogP contribution in [0.4, 0.5) is 11.4 Å². The van der Waals surface area contributed by atoms with E-state index in [1.165, 1.54) is 0 Å². The first-order valence-corrected chi connectivity index (χ1v) is 9.19. The van der Waals surface area contributed by atoms with Crippen LogP contribution in [0.15, 0.2) is 66.9 Å². The highest BCUT2D eigenvalue weighted by Gasteiger charge is 2.17. The van der Waals surface area contributed by atoms with Gasteiger partial charge >= 0.3 is 0 Å². The van der Waals surface area contributed by atoms with Gasteiger partial charge in [0, 0.05) is 36.7 Å². The third-order valence-electron chi connectivity index (χ3n) is 4.53. The number of carbonyl (C=O) groups is 1. The van der Waals surface area contributed by atoms with E-state index in [-0.39, 0.29) is 12.7 Å². The number of nitrogens with one attached hydrogen (secondary N) is 1. The van der Waals surface area contributed by atoms with Gasteiger partial charge in [-0.3, -0.25) is 9.78 Å². The lowest BCUT2D eigenvalue weighted by atomic mass is 10.2. The van der Waals surface area contributed by atoms with E-state index < -0.39 is 0 Å². The van der Waals surface area contributed by atoms with Crippen molar-refractivity contribution in [2.24, 2.45) is 0 Å². The molecule has 1 aliphatic heterocycles. The smallest absolute Gasteiger partial charge is 0.272 e. The van der Waals surface area contributed by atoms with E-state index >= 15 is 0 Å². The molecule has 28 heavy (non-hydrogen) atoms. The second kappa shape index (κ2) is 8.00. The Morgan fingerprint density at radius 1 is 1.04 bits per heavy atom. The lowest BCUT2D eigenvalue weighted by molar-refractivity contribution is 0.0746. The Kier molecular flexibility index (Phi) is 5.10. The molecule has 0 aliphatic carbocycles. The fraction of sp³-hybridized carbons (Fsp3) is 0.182. The summed E-state index contributed by atoms with van der Waals surface area (Å²) in [5.74, 6) is 1.34. The molecule has 0 bridgehead atoms. The maximum Gasteiger partial charge on any atom is 0.272 e. The Bertz CT molecular complexity index is 976. The van der Waals surface area contributed by atoms with Gasteiger partial charge in [0.2, 0.25) is 6.79 Å². The Balaban J connectivity index is 1.50. The van der Waals surface area contributed by atoms with Gasteiger partial charge in [-0.2, -0.15) is 0 Å². The molecule has 1 aromatic heterocycles. The Labute approximate surface area is 163 Å². The molecule has 142 valence electrons. The Hall–Kier alpha value is -3.54. The molecule has 0 saturated heterocycles. The minimum absolute atomic E-state index is 0.0966. The lowest BCUT2D eigenvalue weighted by Gasteiger charge is -2.21. The summed E-state index contributed by atoms with van der Waals surface area (Å²) in [6.07, 6.45) is 1.64. The maximum atomic E-state index is 12.9. The summed E-state index contributed by atoms with van der Waals surface area (Å²) in [4.78, 5) is 19.0. The van der Waals surface area contributed by atoms with E-state index in [0.717, 1.165) is 22.7 Å². The van der Waals surface area contributed by atoms with Crippen molar-refractivity contribution in [1.29, 1.82) is 0 Å². The van der Waals surface area contributed by atoms with E-state index in [1.54, 1.807) is 17.2 Å². The molecule has 0 spiro atoms. The van der Waals surface area contributed by atoms with Crippen LogP contribution < -0.4 is 14.8 Å². The van der Waals surface area contributed by atoms with E-state index in [1.807, 2.05) is 61.5 Å². The van der Waals surface area contributed by atoms with Crippen molar-refractivity contribution in [3.8, 4) is 11.5 Å². The van der Waals surface area contributed by atoms with Gasteiger partial charge in [0.1, 0.15) is 5.69 Å². The van der Waals surface area contributed by atoms with Crippen LogP contribution in [0.5, 0.6) is 11.5 Å². The van der Waals surface area contributed by atoms with E-state index in [9.17, 15) is 4.79 Å². The van der Waals surface area contributed by atoms with Crippen molar-refractivity contribution >= 4 is 17.3 Å². The SMILES string of the molecule is CCN(Cc1ccccc1)C(=O)c1cc(Nc2ccc3c(c2)OCO3)ccn1. The minimum Gasteiger partial charge on any atom is -0.454 e. The van der Waals surface area contributed by atoms with Crippen molar-refractivity contribution in [2.45, 2.75) is 13.5 Å². The zero-order valence-electron chi connectivity index (χ0n) is 15.6. The second-order valence-corrected chi connectivity index (χ2v) is 6.43. The van der Waals surface area contributed by atoms with Gasteiger partial charge in [0.15, 0.2) is 11.5 Å². The topological polar surface area (TPSA) is 63.7 Å². The summed E-state index contributed by atoms with van der Waals surface area (Å²) in [5.41, 5.74) is 3.13. The molecule has 3 aromatic rings. The molecule has 6 heteroatoms. The summed E-state index contributed by atoms with van der Waals surface area (Å²) in [6.45, 7) is 3.36. The number of pyridine rings is 1. The normalized spacial score (nSPS) is 11.9. The number of anilines is 2. The van der Waals surface area contributed by atoms with Gasteiger partial charge in [0.05, 0.1) is 0 Å². The highest BCUT2D eigenvalue weighted by molar-refractivity contribution is 5.93. The van der Waals surface area contributed by atoms with Gasteiger partial charge in [-0.05, 0) is 36.8 Å². The van der Waals surface area contributed by atoms with E-state index in [2.05, 4.69) is 10.3 Å². The molecular formula is C22H21N3O3. The van der Waals surface area contributed by atoms with E-state index in [4.69, 9.17) is 9.47 Å². The van der Waals surface area contributed by atoms with Gasteiger partial charge in [-0.15, -0.1) is 0 Å². The zero-order valence-corrected chi connectivity index (χ0v) is 15.6. The molecule has 1 amide bonds. The third-order valence-corrected chi connectivity index (χ3v) is 4.53. The molecule has 0 saturated carbocycles. The van der Waals surface area contributed by atoms with Crippen LogP contribution in [0.2, 0.25) is 0 Å². The largest absolute Gasteiger partial charge is 0.454 e. The second-order valence-electron chi connectivity index (χ2n) is 6.43. The Morgan fingerprint density at radius 3 is 2.64 bits per heavy atom. The molecule has 1 N–H and O–H groups in total. The molecule has 0 radical (unpaired) electrons. The first kappa shape index (κ1) is 17.9. The maximum absolute atomic E-state index is 12.9. The number of hydrogen-bond donors (Lipinski definition) is 1. The lowest BCUT2D eigenvalue weighted by Crippen LogP contribution is -2.31. The minimum atomic E-state index is -0.0966. The standard InChI is InChI=1S/C22H21N3O3/c1-2-25(14-16-6-4-3-5-7-16)22(26)19-12-18(10-11-23-19)24-17-8-9-20-21(13-17)28-15-27-20/h3-13H,2,14-15H2,1H3,(H,23,24). The van der Waals surface area contributed by atoms with Crippen LogP contribution in [-0.4, -0.2) is 29.1 Å². The number of amides is 1. The fourth-order valence-electron chi connectivity index (χ4n) is 3.06. The van der Waals surface area contributed by atoms with Crippen molar-refractivity contribution in [1.82, 2.24) is 9.88 Å². The van der Waals surface area contributed by atoms with Crippen LogP contribution >= 0.6 is 0 Å². The van der Waals surface area contributed by atoms with Gasteiger partial charge in [0.25, 0.3) is 5.91 Å². The number of carbonyl (C=O) groups excluding carboxylic acids is 1. The molecule has 4 rings (SSSR count). The molecular weight excluding hydrogens is 354 g/mol. The van der Waals surface area contributed by atoms with Gasteiger partial charge in [-0.25, -0.2) is 0 Å². The van der Waals surface area contributed by atoms with Crippen molar-refractivity contribution in [3.05, 3.63) is 78.1 Å². The number of aromatic nitrogens is 1. The van der Waals surface area contributed by atoms with Crippen molar-refractivity contribution in [3.63, 3.8) is 0 Å². The van der Waals surface area contributed by atoms with Crippen molar-refractivity contribution in [2.75, 3.05) is 18.7 Å². The van der Waals surface area contributed by atoms with Crippen molar-refractivity contribution < 1.29 is 14.3 Å². The average Bonchev–Trinajstić information content (AvgIpc) is 3.20. The quantitative estimate of drug-likeness (QED) is 0.699. The summed E-state index contributed by atoms with van der Waals surface area (Å²) >= 11 is 0. The molecule has 2 aromatic carbocycles. The summed E-state index contributed by atoms with van der Waals surface area (Å²) in [7, 11) is 0. The molecule has 0 unspecified atom stereocenters. The monoisotopic (exact) mass is 375 g/mol. The first-order valence-electron chi connectivity index (χ1n) is 9.19. The number of fused-ring (bicyclic) bond motifs is 1. The highest BCUT2D eigenvalue weighted by atomic mass is 16.7. The van der Waals surface area contributed by atoms with Gasteiger partial charge in [-0.1, -0.05) is 30.3 Å². The summed E-state index contributed by atoms with van der Waals surface area (Å²) in [5, 5.41) is 3.29. The zero-order chi connectivity index (χ0) is 19.3. The fourth-order valence-corrected chi connectivity index (χ4v) is 3.06. The number of ether oxygens (including phenoxy) is 2. The van der Waals surface area contributed by atoms with Crippen LogP contribution in [-0.2, 0) is 6.54 Å². The predicted molar refractivity (Wildman–Crippen MR) is 107 cm³/mol. The average molecular weight is 375 g/mol. The number of nitrogens with zero attached hydrogens (tertiary/aromatic N) is 2. The highest BCUT2D eigenvalue weighted by Crippen LogP contribution is 2.35. The predicted octanol–water partition coefficient (Wildman–Crippen LogP) is 4.22. The van der Waals surface area contributed by atoms with E-state index in [0.29, 0.717) is 24.5 Å². The summed E-state index contributed by atoms with van der Waals surface area (Å²) in [6, 6.07) is 19.2. The molecule has 2 heterocycles. The molecule has 0 atom stereocenters. The summed E-state index contributed by atoms with van der Waals surface area (Å²) < 4.78 is 10.7. The number of hydrogen-bond acceptors (Lipinski definition) is 5.